The molecule has 0 aliphatic rings. The van der Waals surface area contributed by atoms with Gasteiger partial charge in [-0.25, -0.2) is 9.18 Å². The van der Waals surface area contributed by atoms with Crippen LogP contribution in [0.1, 0.15) is 35.6 Å². The zero-order valence-electron chi connectivity index (χ0n) is 23.1. The van der Waals surface area contributed by atoms with Gasteiger partial charge in [0.15, 0.2) is 6.61 Å². The molecule has 0 aliphatic heterocycles. The summed E-state index contributed by atoms with van der Waals surface area (Å²) in [5.74, 6) is -0.965. The average Bonchev–Trinajstić information content (AvgIpc) is 2.92. The number of aliphatic carboxylic acids is 1. The number of benzene rings is 3. The van der Waals surface area contributed by atoms with Gasteiger partial charge in [0.05, 0.1) is 23.8 Å². The van der Waals surface area contributed by atoms with Gasteiger partial charge < -0.3 is 20.3 Å². The van der Waals surface area contributed by atoms with Crippen LogP contribution in [0.5, 0.6) is 5.75 Å². The minimum atomic E-state index is -4.46. The molecule has 0 heterocycles. The van der Waals surface area contributed by atoms with Crippen LogP contribution >= 0.6 is 24.0 Å². The van der Waals surface area contributed by atoms with Gasteiger partial charge in [0.25, 0.3) is 0 Å². The van der Waals surface area contributed by atoms with Crippen LogP contribution in [0.2, 0.25) is 0 Å². The Morgan fingerprint density at radius 2 is 1.74 bits per heavy atom. The van der Waals surface area contributed by atoms with E-state index >= 15 is 0 Å². The fourth-order valence-corrected chi connectivity index (χ4v) is 5.42. The highest BCUT2D eigenvalue weighted by molar-refractivity contribution is 8.00. The van der Waals surface area contributed by atoms with Crippen molar-refractivity contribution in [1.82, 2.24) is 5.32 Å². The number of hydrogen-bond acceptors (Lipinski definition) is 5. The largest absolute Gasteiger partial charge is 0.596 e. The van der Waals surface area contributed by atoms with Crippen LogP contribution in [0, 0.1) is 18.2 Å². The maximum absolute atomic E-state index is 13.3. The second kappa shape index (κ2) is 14.8. The molecule has 0 amide bonds. The van der Waals surface area contributed by atoms with Crippen LogP contribution in [-0.4, -0.2) is 38.7 Å². The molecule has 3 aromatic carbocycles. The smallest absolute Gasteiger partial charge is 0.416 e. The maximum atomic E-state index is 13.3. The second-order valence-electron chi connectivity index (χ2n) is 9.44. The molecule has 3 rings (SSSR count). The van der Waals surface area contributed by atoms with Gasteiger partial charge in [-0.05, 0) is 79.6 Å². The van der Waals surface area contributed by atoms with Crippen molar-refractivity contribution in [3.63, 3.8) is 0 Å². The summed E-state index contributed by atoms with van der Waals surface area (Å²) in [6, 6.07) is 15.1. The lowest BCUT2D eigenvalue weighted by molar-refractivity contribution is -0.139. The van der Waals surface area contributed by atoms with E-state index in [0.717, 1.165) is 17.0 Å². The van der Waals surface area contributed by atoms with Crippen molar-refractivity contribution in [3.8, 4) is 5.75 Å². The summed E-state index contributed by atoms with van der Waals surface area (Å²) in [6.45, 7) is 3.04. The van der Waals surface area contributed by atoms with E-state index < -0.39 is 30.1 Å². The van der Waals surface area contributed by atoms with Crippen molar-refractivity contribution in [2.45, 2.75) is 36.6 Å². The molecule has 226 valence electrons. The number of carbonyl (C=O) groups is 1. The van der Waals surface area contributed by atoms with Gasteiger partial charge in [-0.15, -0.1) is 11.8 Å². The third-order valence-corrected chi connectivity index (χ3v) is 7.37. The summed E-state index contributed by atoms with van der Waals surface area (Å²) < 4.78 is 57.4. The van der Waals surface area contributed by atoms with Gasteiger partial charge in [0.1, 0.15) is 16.6 Å². The third kappa shape index (κ3) is 10.6. The standard InChI is InChI=1S/C31H28F4N2O4S2/c1-18-13-25(11-12-28(18)41-17-29(39)40)43-26(15-24(38)16-27(36)20-5-9-23(32)10-6-20)14-19(2)37-30(42)21-3-7-22(8-4-21)31(33,34)35/h3-14,16,26,36,38H,15,17H2,1-2H3,(H,37,42)(H,39,40)/p+1/b19-14+,24-16-,36-27?. The number of carboxylic acid groups (broad SMARTS) is 1. The van der Waals surface area contributed by atoms with Crippen molar-refractivity contribution in [2.24, 2.45) is 0 Å². The van der Waals surface area contributed by atoms with Crippen molar-refractivity contribution < 1.29 is 37.3 Å². The Balaban J connectivity index is 1.82. The SMILES string of the molecule is C/C(=C\C(C/C([OH2+])=C/C(=N)c1ccc(F)cc1)Sc1ccc(OCC(=O)O)c(C)c1)NC(=S)c1ccc(C(F)(F)F)cc1. The van der Waals surface area contributed by atoms with Crippen LogP contribution in [-0.2, 0) is 11.0 Å². The number of thioether (sulfide) groups is 1. The van der Waals surface area contributed by atoms with Crippen LogP contribution in [0.4, 0.5) is 17.6 Å². The minimum absolute atomic E-state index is 0.0480. The molecule has 0 aliphatic carbocycles. The van der Waals surface area contributed by atoms with Gasteiger partial charge in [0, 0.05) is 21.4 Å². The van der Waals surface area contributed by atoms with Crippen LogP contribution in [0.15, 0.2) is 95.2 Å². The zero-order chi connectivity index (χ0) is 31.7. The lowest BCUT2D eigenvalue weighted by atomic mass is 10.1. The van der Waals surface area contributed by atoms with E-state index in [9.17, 15) is 22.4 Å². The predicted octanol–water partition coefficient (Wildman–Crippen LogP) is 7.01. The number of aryl methyl sites for hydroxylation is 1. The molecule has 0 saturated heterocycles. The molecule has 0 radical (unpaired) electrons. The molecule has 1 unspecified atom stereocenters. The summed E-state index contributed by atoms with van der Waals surface area (Å²) >= 11 is 6.81. The fraction of sp³-hybridized carbons (Fsp3) is 0.194. The number of halogens is 4. The van der Waals surface area contributed by atoms with Crippen molar-refractivity contribution >= 4 is 40.6 Å². The molecule has 1 atom stereocenters. The Labute approximate surface area is 255 Å². The average molecular weight is 634 g/mol. The number of nitrogens with one attached hydrogen (secondary N) is 2. The van der Waals surface area contributed by atoms with Crippen molar-refractivity contribution in [2.75, 3.05) is 6.61 Å². The number of alkyl halides is 3. The number of allylic oxidation sites excluding steroid dienone is 3. The topological polar surface area (TPSA) is 105 Å². The van der Waals surface area contributed by atoms with Gasteiger partial charge in [-0.1, -0.05) is 30.4 Å². The first-order valence-electron chi connectivity index (χ1n) is 12.8. The zero-order valence-corrected chi connectivity index (χ0v) is 24.7. The first kappa shape index (κ1) is 33.3. The second-order valence-corrected chi connectivity index (χ2v) is 11.2. The summed E-state index contributed by atoms with van der Waals surface area (Å²) in [5, 5.41) is 28.4. The number of hydrogen-bond donors (Lipinski definition) is 3. The normalized spacial score (nSPS) is 12.9. The van der Waals surface area contributed by atoms with E-state index in [2.05, 4.69) is 5.32 Å². The highest BCUT2D eigenvalue weighted by Crippen LogP contribution is 2.32. The summed E-state index contributed by atoms with van der Waals surface area (Å²) in [4.78, 5) is 11.9. The van der Waals surface area contributed by atoms with E-state index in [0.29, 0.717) is 28.1 Å². The Bertz CT molecular complexity index is 1540. The molecule has 3 aromatic rings. The van der Waals surface area contributed by atoms with E-state index in [1.54, 1.807) is 26.0 Å². The third-order valence-electron chi connectivity index (χ3n) is 5.90. The highest BCUT2D eigenvalue weighted by atomic mass is 32.2. The van der Waals surface area contributed by atoms with Crippen LogP contribution < -0.4 is 10.1 Å². The summed E-state index contributed by atoms with van der Waals surface area (Å²) in [6.07, 6.45) is -1.05. The number of ether oxygens (including phenoxy) is 1. The number of carboxylic acids is 1. The summed E-state index contributed by atoms with van der Waals surface area (Å²) in [7, 11) is 0. The molecule has 0 bridgehead atoms. The molecular weight excluding hydrogens is 604 g/mol. The molecule has 0 fully saturated rings. The van der Waals surface area contributed by atoms with Crippen molar-refractivity contribution in [1.29, 1.82) is 5.41 Å². The van der Waals surface area contributed by atoms with E-state index in [1.165, 1.54) is 54.2 Å². The molecular formula is C31H29F4N2O4S2+. The fourth-order valence-electron chi connectivity index (χ4n) is 3.85. The number of rotatable bonds is 12. The molecule has 0 aromatic heterocycles. The summed E-state index contributed by atoms with van der Waals surface area (Å²) in [5.41, 5.74) is 1.44. The van der Waals surface area contributed by atoms with Crippen LogP contribution in [0.3, 0.4) is 0 Å². The quantitative estimate of drug-likeness (QED) is 0.0495. The molecule has 43 heavy (non-hydrogen) atoms. The van der Waals surface area contributed by atoms with E-state index in [1.807, 2.05) is 12.1 Å². The Kier molecular flexibility index (Phi) is 11.5. The minimum Gasteiger partial charge on any atom is -0.596 e. The van der Waals surface area contributed by atoms with Gasteiger partial charge in [-0.3, -0.25) is 5.41 Å². The monoisotopic (exact) mass is 633 g/mol. The van der Waals surface area contributed by atoms with E-state index in [-0.39, 0.29) is 28.1 Å². The Morgan fingerprint density at radius 3 is 2.33 bits per heavy atom. The van der Waals surface area contributed by atoms with Crippen molar-refractivity contribution in [3.05, 3.63) is 118 Å². The highest BCUT2D eigenvalue weighted by Gasteiger charge is 2.30. The maximum Gasteiger partial charge on any atom is 0.416 e. The number of thiocarbonyl (C=S) groups is 1. The van der Waals surface area contributed by atoms with Gasteiger partial charge >= 0.3 is 12.1 Å². The molecule has 12 heteroatoms. The first-order chi connectivity index (χ1) is 20.2. The first-order valence-corrected chi connectivity index (χ1v) is 14.1. The molecule has 6 nitrogen and oxygen atoms in total. The Hall–Kier alpha value is -4.16. The predicted molar refractivity (Wildman–Crippen MR) is 164 cm³/mol. The Morgan fingerprint density at radius 1 is 1.12 bits per heavy atom. The lowest BCUT2D eigenvalue weighted by Gasteiger charge is -2.16. The van der Waals surface area contributed by atoms with Gasteiger partial charge in [-0.2, -0.15) is 13.2 Å². The van der Waals surface area contributed by atoms with Gasteiger partial charge in [0.2, 0.25) is 5.76 Å². The van der Waals surface area contributed by atoms with Crippen LogP contribution in [0.25, 0.3) is 0 Å². The molecule has 0 spiro atoms. The van der Waals surface area contributed by atoms with E-state index in [4.69, 9.17) is 32.6 Å². The molecule has 0 saturated carbocycles. The molecule has 5 N–H and O–H groups in total. The lowest BCUT2D eigenvalue weighted by Crippen LogP contribution is -2.21.